The summed E-state index contributed by atoms with van der Waals surface area (Å²) in [7, 11) is 0. The van der Waals surface area contributed by atoms with Gasteiger partial charge in [0.05, 0.1) is 0 Å². The number of halogens is 3. The minimum absolute atomic E-state index is 0.0767. The molecule has 0 saturated heterocycles. The van der Waals surface area contributed by atoms with Crippen LogP contribution < -0.4 is 0 Å². The molecule has 0 spiro atoms. The first-order valence-electron chi connectivity index (χ1n) is 5.23. The predicted octanol–water partition coefficient (Wildman–Crippen LogP) is 3.26. The lowest BCUT2D eigenvalue weighted by Gasteiger charge is -2.08. The molecule has 2 rings (SSSR count). The summed E-state index contributed by atoms with van der Waals surface area (Å²) < 4.78 is 38.2. The van der Waals surface area contributed by atoms with Crippen LogP contribution in [0.3, 0.4) is 0 Å². The SMILES string of the molecule is FC(F)(F)SCCn1c(-c2ccncc2)n[nH]c1=S. The molecular formula is C10H9F3N4S2. The highest BCUT2D eigenvalue weighted by Gasteiger charge is 2.27. The number of hydrogen-bond donors (Lipinski definition) is 1. The van der Waals surface area contributed by atoms with Crippen molar-refractivity contribution in [2.45, 2.75) is 12.1 Å². The number of rotatable bonds is 4. The van der Waals surface area contributed by atoms with Crippen LogP contribution in [0.25, 0.3) is 11.4 Å². The monoisotopic (exact) mass is 306 g/mol. The number of nitrogens with one attached hydrogen (secondary N) is 1. The molecule has 2 heterocycles. The molecule has 1 N–H and O–H groups in total. The predicted molar refractivity (Wildman–Crippen MR) is 69.2 cm³/mol. The zero-order chi connectivity index (χ0) is 13.9. The summed E-state index contributed by atoms with van der Waals surface area (Å²) in [6.45, 7) is 0.136. The molecule has 102 valence electrons. The van der Waals surface area contributed by atoms with Gasteiger partial charge in [0.2, 0.25) is 0 Å². The third kappa shape index (κ3) is 3.80. The maximum absolute atomic E-state index is 12.1. The van der Waals surface area contributed by atoms with Gasteiger partial charge in [-0.05, 0) is 36.1 Å². The molecule has 0 amide bonds. The molecule has 0 unspecified atom stereocenters. The van der Waals surface area contributed by atoms with Gasteiger partial charge in [-0.2, -0.15) is 18.3 Å². The van der Waals surface area contributed by atoms with E-state index in [-0.39, 0.29) is 24.1 Å². The summed E-state index contributed by atoms with van der Waals surface area (Å²) in [5.74, 6) is 0.394. The van der Waals surface area contributed by atoms with Gasteiger partial charge in [0, 0.05) is 30.3 Å². The van der Waals surface area contributed by atoms with E-state index in [0.717, 1.165) is 5.56 Å². The number of alkyl halides is 3. The Balaban J connectivity index is 2.17. The van der Waals surface area contributed by atoms with Crippen LogP contribution in [0.2, 0.25) is 0 Å². The summed E-state index contributed by atoms with van der Waals surface area (Å²) in [4.78, 5) is 3.88. The molecule has 0 aliphatic heterocycles. The lowest BCUT2D eigenvalue weighted by molar-refractivity contribution is -0.0328. The molecule has 19 heavy (non-hydrogen) atoms. The van der Waals surface area contributed by atoms with Gasteiger partial charge in [0.15, 0.2) is 10.6 Å². The summed E-state index contributed by atoms with van der Waals surface area (Å²) >= 11 is 4.94. The van der Waals surface area contributed by atoms with E-state index in [1.54, 1.807) is 29.1 Å². The van der Waals surface area contributed by atoms with Crippen molar-refractivity contribution >= 4 is 24.0 Å². The first-order valence-corrected chi connectivity index (χ1v) is 6.63. The number of aromatic amines is 1. The quantitative estimate of drug-likeness (QED) is 0.881. The molecule has 2 aromatic heterocycles. The van der Waals surface area contributed by atoms with Gasteiger partial charge in [0.25, 0.3) is 0 Å². The molecule has 2 aromatic rings. The second-order valence-corrected chi connectivity index (χ2v) is 5.08. The maximum atomic E-state index is 12.1. The van der Waals surface area contributed by atoms with Gasteiger partial charge < -0.3 is 0 Å². The fourth-order valence-electron chi connectivity index (χ4n) is 1.50. The van der Waals surface area contributed by atoms with Crippen LogP contribution in [0.4, 0.5) is 13.2 Å². The number of aromatic nitrogens is 4. The molecule has 0 fully saturated rings. The van der Waals surface area contributed by atoms with Crippen LogP contribution in [0.5, 0.6) is 0 Å². The summed E-state index contributed by atoms with van der Waals surface area (Å²) in [6.07, 6.45) is 3.17. The summed E-state index contributed by atoms with van der Waals surface area (Å²) in [6, 6.07) is 3.44. The van der Waals surface area contributed by atoms with Crippen molar-refractivity contribution in [1.29, 1.82) is 0 Å². The van der Waals surface area contributed by atoms with Crippen molar-refractivity contribution in [3.63, 3.8) is 0 Å². The fourth-order valence-corrected chi connectivity index (χ4v) is 2.23. The minimum atomic E-state index is -4.23. The van der Waals surface area contributed by atoms with Crippen molar-refractivity contribution in [2.24, 2.45) is 0 Å². The third-order valence-corrected chi connectivity index (χ3v) is 3.30. The van der Waals surface area contributed by atoms with E-state index in [9.17, 15) is 13.2 Å². The first kappa shape index (κ1) is 14.1. The lowest BCUT2D eigenvalue weighted by atomic mass is 10.2. The van der Waals surface area contributed by atoms with Crippen LogP contribution in [0, 0.1) is 4.77 Å². The Labute approximate surface area is 116 Å². The molecule has 0 saturated carbocycles. The smallest absolute Gasteiger partial charge is 0.299 e. The van der Waals surface area contributed by atoms with Crippen LogP contribution in [-0.2, 0) is 6.54 Å². The van der Waals surface area contributed by atoms with Gasteiger partial charge in [-0.1, -0.05) is 0 Å². The highest BCUT2D eigenvalue weighted by molar-refractivity contribution is 8.00. The standard InChI is InChI=1S/C10H9F3N4S2/c11-10(12,13)19-6-5-17-8(15-16-9(17)18)7-1-3-14-4-2-7/h1-4H,5-6H2,(H,16,18). The summed E-state index contributed by atoms with van der Waals surface area (Å²) in [5.41, 5.74) is -3.48. The fraction of sp³-hybridized carbons (Fsp3) is 0.300. The average molecular weight is 306 g/mol. The van der Waals surface area contributed by atoms with Crippen molar-refractivity contribution in [3.8, 4) is 11.4 Å². The Hall–Kier alpha value is -1.35. The Kier molecular flexibility index (Phi) is 4.25. The average Bonchev–Trinajstić information content (AvgIpc) is 2.71. The van der Waals surface area contributed by atoms with Gasteiger partial charge in [-0.3, -0.25) is 14.6 Å². The zero-order valence-corrected chi connectivity index (χ0v) is 11.1. The highest BCUT2D eigenvalue weighted by Crippen LogP contribution is 2.30. The minimum Gasteiger partial charge on any atom is -0.299 e. The Bertz CT molecular complexity index is 591. The number of nitrogens with zero attached hydrogens (tertiary/aromatic N) is 3. The molecular weight excluding hydrogens is 297 g/mol. The number of thioether (sulfide) groups is 1. The van der Waals surface area contributed by atoms with E-state index in [2.05, 4.69) is 15.2 Å². The number of H-pyrrole nitrogens is 1. The summed E-state index contributed by atoms with van der Waals surface area (Å²) in [5, 5.41) is 6.62. The van der Waals surface area contributed by atoms with E-state index in [1.807, 2.05) is 0 Å². The van der Waals surface area contributed by atoms with Crippen molar-refractivity contribution in [3.05, 3.63) is 29.3 Å². The van der Waals surface area contributed by atoms with Crippen LogP contribution in [0.15, 0.2) is 24.5 Å². The van der Waals surface area contributed by atoms with Crippen molar-refractivity contribution in [2.75, 3.05) is 5.75 Å². The Morgan fingerprint density at radius 1 is 1.32 bits per heavy atom. The molecule has 0 bridgehead atoms. The molecule has 4 nitrogen and oxygen atoms in total. The number of pyridine rings is 1. The van der Waals surface area contributed by atoms with E-state index in [1.165, 1.54) is 0 Å². The molecule has 0 aliphatic rings. The second-order valence-electron chi connectivity index (χ2n) is 3.53. The van der Waals surface area contributed by atoms with Crippen molar-refractivity contribution in [1.82, 2.24) is 19.7 Å². The van der Waals surface area contributed by atoms with Crippen LogP contribution in [-0.4, -0.2) is 31.0 Å². The van der Waals surface area contributed by atoms with Gasteiger partial charge in [-0.25, -0.2) is 0 Å². The molecule has 0 aliphatic carbocycles. The van der Waals surface area contributed by atoms with Crippen LogP contribution >= 0.6 is 24.0 Å². The van der Waals surface area contributed by atoms with Gasteiger partial charge in [-0.15, -0.1) is 0 Å². The first-order chi connectivity index (χ1) is 8.97. The molecule has 0 radical (unpaired) electrons. The van der Waals surface area contributed by atoms with Gasteiger partial charge in [0.1, 0.15) is 0 Å². The van der Waals surface area contributed by atoms with E-state index in [4.69, 9.17) is 12.2 Å². The second kappa shape index (κ2) is 5.74. The Morgan fingerprint density at radius 2 is 2.00 bits per heavy atom. The molecule has 0 aromatic carbocycles. The van der Waals surface area contributed by atoms with Crippen molar-refractivity contribution < 1.29 is 13.2 Å². The Morgan fingerprint density at radius 3 is 2.63 bits per heavy atom. The highest BCUT2D eigenvalue weighted by atomic mass is 32.2. The van der Waals surface area contributed by atoms with E-state index < -0.39 is 5.51 Å². The zero-order valence-electron chi connectivity index (χ0n) is 9.52. The van der Waals surface area contributed by atoms with Gasteiger partial charge >= 0.3 is 5.51 Å². The van der Waals surface area contributed by atoms with Crippen LogP contribution in [0.1, 0.15) is 0 Å². The lowest BCUT2D eigenvalue weighted by Crippen LogP contribution is -2.08. The third-order valence-electron chi connectivity index (χ3n) is 2.28. The van der Waals surface area contributed by atoms with E-state index >= 15 is 0 Å². The van der Waals surface area contributed by atoms with E-state index in [0.29, 0.717) is 10.6 Å². The maximum Gasteiger partial charge on any atom is 0.441 e. The molecule has 0 atom stereocenters. The normalized spacial score (nSPS) is 11.7. The molecule has 9 heteroatoms. The number of hydrogen-bond acceptors (Lipinski definition) is 4. The topological polar surface area (TPSA) is 46.5 Å². The largest absolute Gasteiger partial charge is 0.441 e.